The van der Waals surface area contributed by atoms with E-state index in [1.807, 2.05) is 99.8 Å². The Morgan fingerprint density at radius 3 is 2.37 bits per heavy atom. The van der Waals surface area contributed by atoms with E-state index in [1.54, 1.807) is 4.57 Å². The minimum absolute atomic E-state index is 0.000187. The van der Waals surface area contributed by atoms with Crippen molar-refractivity contribution in [1.29, 1.82) is 0 Å². The molecule has 5 rings (SSSR count). The molecule has 222 valence electrons. The highest BCUT2D eigenvalue weighted by molar-refractivity contribution is 5.82. The molecule has 1 aromatic heterocycles. The summed E-state index contributed by atoms with van der Waals surface area (Å²) >= 11 is 0. The van der Waals surface area contributed by atoms with Gasteiger partial charge in [0.15, 0.2) is 6.04 Å². The number of rotatable bonds is 12. The van der Waals surface area contributed by atoms with Crippen LogP contribution in [0.4, 0.5) is 5.82 Å². The van der Waals surface area contributed by atoms with Crippen LogP contribution in [0, 0.1) is 0 Å². The Morgan fingerprint density at radius 1 is 0.907 bits per heavy atom. The minimum atomic E-state index is -0.447. The molecule has 1 unspecified atom stereocenters. The zero-order valence-corrected chi connectivity index (χ0v) is 25.2. The van der Waals surface area contributed by atoms with Crippen molar-refractivity contribution < 1.29 is 23.6 Å². The van der Waals surface area contributed by atoms with E-state index in [2.05, 4.69) is 17.4 Å². The maximum atomic E-state index is 13.7. The molecule has 0 radical (unpaired) electrons. The van der Waals surface area contributed by atoms with Gasteiger partial charge in [0, 0.05) is 24.8 Å². The fourth-order valence-electron chi connectivity index (χ4n) is 5.20. The summed E-state index contributed by atoms with van der Waals surface area (Å²) in [4.78, 5) is 30.6. The Kier molecular flexibility index (Phi) is 9.50. The summed E-state index contributed by atoms with van der Waals surface area (Å²) in [6.07, 6.45) is 5.92. The maximum Gasteiger partial charge on any atom is 0.359 e. The van der Waals surface area contributed by atoms with Crippen molar-refractivity contribution in [2.24, 2.45) is 0 Å². The molecule has 1 aliphatic rings. The van der Waals surface area contributed by atoms with Gasteiger partial charge in [-0.15, -0.1) is 0 Å². The number of aromatic nitrogens is 2. The lowest BCUT2D eigenvalue weighted by Crippen LogP contribution is -2.44. The van der Waals surface area contributed by atoms with Crippen LogP contribution in [0.5, 0.6) is 5.75 Å². The molecule has 0 saturated carbocycles. The molecule has 7 nitrogen and oxygen atoms in total. The third-order valence-electron chi connectivity index (χ3n) is 7.20. The average Bonchev–Trinajstić information content (AvgIpc) is 3.30. The van der Waals surface area contributed by atoms with Crippen LogP contribution < -0.4 is 14.6 Å². The molecular formula is C36H40N3O4+. The minimum Gasteiger partial charge on any atom is -0.494 e. The van der Waals surface area contributed by atoms with E-state index in [9.17, 15) is 9.59 Å². The van der Waals surface area contributed by atoms with Gasteiger partial charge in [0.05, 0.1) is 6.61 Å². The fourth-order valence-corrected chi connectivity index (χ4v) is 5.20. The number of benzene rings is 3. The van der Waals surface area contributed by atoms with Crippen LogP contribution >= 0.6 is 0 Å². The summed E-state index contributed by atoms with van der Waals surface area (Å²) in [5.74, 6) is 1.37. The van der Waals surface area contributed by atoms with Crippen LogP contribution in [0.15, 0.2) is 91.1 Å². The Balaban J connectivity index is 1.22. The first kappa shape index (κ1) is 30.0. The highest BCUT2D eigenvalue weighted by Gasteiger charge is 2.41. The topological polar surface area (TPSA) is 81.4 Å². The number of hydrogen-bond acceptors (Lipinski definition) is 6. The van der Waals surface area contributed by atoms with Gasteiger partial charge in [-0.25, -0.2) is 9.78 Å². The summed E-state index contributed by atoms with van der Waals surface area (Å²) in [7, 11) is 0. The molecule has 43 heavy (non-hydrogen) atoms. The first-order valence-corrected chi connectivity index (χ1v) is 15.0. The van der Waals surface area contributed by atoms with Crippen molar-refractivity contribution in [3.05, 3.63) is 108 Å². The van der Waals surface area contributed by atoms with E-state index < -0.39 is 11.6 Å². The first-order chi connectivity index (χ1) is 20.7. The Morgan fingerprint density at radius 2 is 1.63 bits per heavy atom. The quantitative estimate of drug-likeness (QED) is 0.116. The molecule has 0 saturated heterocycles. The molecular weight excluding hydrogens is 538 g/mol. The Bertz CT molecular complexity index is 1550. The maximum absolute atomic E-state index is 13.7. The summed E-state index contributed by atoms with van der Waals surface area (Å²) in [5.41, 5.74) is 4.29. The smallest absolute Gasteiger partial charge is 0.359 e. The fraction of sp³-hybridized carbons (Fsp3) is 0.333. The van der Waals surface area contributed by atoms with Crippen molar-refractivity contribution >= 4 is 17.7 Å². The standard InChI is InChI=1S/C36H39N3O4/c1-36(2,3)43-33(40)20-11-6-12-21-42-29-19-13-16-27(22-29)24-31-35(41)39-25-32(28-17-9-5-10-18-28)37-30(34(39)38-31)23-26-14-7-4-8-15-26/h4-5,7-10,13-19,22,25,31H,6,11-12,20-21,23-24H2,1-3H3/p+1. The second-order valence-electron chi connectivity index (χ2n) is 12.0. The van der Waals surface area contributed by atoms with E-state index in [0.29, 0.717) is 25.9 Å². The van der Waals surface area contributed by atoms with Crippen molar-refractivity contribution in [2.45, 2.75) is 70.9 Å². The number of nitrogens with one attached hydrogen (secondary N) is 1. The molecule has 2 heterocycles. The molecule has 7 heteroatoms. The lowest BCUT2D eigenvalue weighted by atomic mass is 10.1. The lowest BCUT2D eigenvalue weighted by molar-refractivity contribution is -0.552. The van der Waals surface area contributed by atoms with Gasteiger partial charge in [-0.05, 0) is 63.3 Å². The van der Waals surface area contributed by atoms with Crippen LogP contribution in [0.25, 0.3) is 11.3 Å². The van der Waals surface area contributed by atoms with Crippen LogP contribution in [-0.4, -0.2) is 35.1 Å². The van der Waals surface area contributed by atoms with Crippen LogP contribution in [0.1, 0.15) is 68.1 Å². The van der Waals surface area contributed by atoms with E-state index >= 15 is 0 Å². The number of fused-ring (bicyclic) bond motifs is 1. The van der Waals surface area contributed by atoms with Crippen molar-refractivity contribution in [3.8, 4) is 17.0 Å². The normalized spacial score (nSPS) is 14.2. The van der Waals surface area contributed by atoms with Crippen LogP contribution in [-0.2, 0) is 22.4 Å². The molecule has 0 fully saturated rings. The Labute approximate surface area is 253 Å². The number of carbonyl (C=O) groups is 2. The molecule has 0 amide bonds. The number of ether oxygens (including phenoxy) is 2. The number of esters is 1. The number of carbonyl (C=O) groups excluding carboxylic acids is 2. The monoisotopic (exact) mass is 578 g/mol. The van der Waals surface area contributed by atoms with Crippen LogP contribution in [0.3, 0.4) is 0 Å². The molecule has 0 aliphatic carbocycles. The highest BCUT2D eigenvalue weighted by Crippen LogP contribution is 2.25. The second kappa shape index (κ2) is 13.6. The van der Waals surface area contributed by atoms with Crippen molar-refractivity contribution in [3.63, 3.8) is 0 Å². The number of unbranched alkanes of at least 4 members (excludes halogenated alkanes) is 2. The van der Waals surface area contributed by atoms with Gasteiger partial charge in [-0.2, -0.15) is 4.57 Å². The third-order valence-corrected chi connectivity index (χ3v) is 7.20. The number of hydrogen-bond donors (Lipinski definition) is 1. The van der Waals surface area contributed by atoms with Crippen LogP contribution in [0.2, 0.25) is 0 Å². The van der Waals surface area contributed by atoms with E-state index in [-0.39, 0.29) is 11.9 Å². The van der Waals surface area contributed by atoms with Gasteiger partial charge in [0.2, 0.25) is 0 Å². The zero-order chi connectivity index (χ0) is 30.2. The van der Waals surface area contributed by atoms with Gasteiger partial charge in [0.25, 0.3) is 0 Å². The van der Waals surface area contributed by atoms with Gasteiger partial charge in [-0.3, -0.25) is 10.1 Å². The first-order valence-electron chi connectivity index (χ1n) is 15.0. The molecule has 0 bridgehead atoms. The van der Waals surface area contributed by atoms with E-state index in [4.69, 9.17) is 14.5 Å². The molecule has 1 aliphatic heterocycles. The van der Waals surface area contributed by atoms with Gasteiger partial charge in [-0.1, -0.05) is 72.8 Å². The van der Waals surface area contributed by atoms with Crippen molar-refractivity contribution in [1.82, 2.24) is 4.98 Å². The predicted octanol–water partition coefficient (Wildman–Crippen LogP) is 6.58. The molecule has 0 spiro atoms. The summed E-state index contributed by atoms with van der Waals surface area (Å²) in [6.45, 7) is 6.21. The largest absolute Gasteiger partial charge is 0.494 e. The van der Waals surface area contributed by atoms with E-state index in [0.717, 1.165) is 58.9 Å². The van der Waals surface area contributed by atoms with Gasteiger partial charge >= 0.3 is 17.7 Å². The highest BCUT2D eigenvalue weighted by atomic mass is 16.6. The molecule has 1 atom stereocenters. The van der Waals surface area contributed by atoms with Gasteiger partial charge in [0.1, 0.15) is 28.9 Å². The van der Waals surface area contributed by atoms with Gasteiger partial charge < -0.3 is 9.47 Å². The molecule has 1 N–H and O–H groups in total. The SMILES string of the molecule is CC(C)(C)OC(=O)CCCCCOc1cccc(CC2Nc3c(Cc4ccccc4)nc(-c4ccccc4)c[n+]3C2=O)c1. The van der Waals surface area contributed by atoms with Crippen molar-refractivity contribution in [2.75, 3.05) is 11.9 Å². The molecule has 3 aromatic carbocycles. The van der Waals surface area contributed by atoms with E-state index in [1.165, 1.54) is 0 Å². The third kappa shape index (κ3) is 8.28. The Hall–Kier alpha value is -4.52. The molecule has 4 aromatic rings. The average molecular weight is 579 g/mol. The summed E-state index contributed by atoms with van der Waals surface area (Å²) in [6, 6.07) is 27.7. The zero-order valence-electron chi connectivity index (χ0n) is 25.2. The summed E-state index contributed by atoms with van der Waals surface area (Å²) < 4.78 is 13.1. The second-order valence-corrected chi connectivity index (χ2v) is 12.0. The predicted molar refractivity (Wildman–Crippen MR) is 167 cm³/mol. The number of anilines is 1. The number of nitrogens with zero attached hydrogens (tertiary/aromatic N) is 2. The summed E-state index contributed by atoms with van der Waals surface area (Å²) in [5, 5.41) is 3.48. The lowest BCUT2D eigenvalue weighted by Gasteiger charge is -2.19.